The Hall–Kier alpha value is -1.38. The molecule has 0 amide bonds. The van der Waals surface area contributed by atoms with Crippen molar-refractivity contribution >= 4 is 6.29 Å². The molecule has 0 aliphatic heterocycles. The third kappa shape index (κ3) is 2.81. The zero-order valence-electron chi connectivity index (χ0n) is 9.45. The first-order valence-corrected chi connectivity index (χ1v) is 5.94. The van der Waals surface area contributed by atoms with Gasteiger partial charge in [0.1, 0.15) is 12.0 Å². The molecule has 1 aliphatic carbocycles. The molecule has 1 heterocycles. The second-order valence-electron chi connectivity index (χ2n) is 4.14. The quantitative estimate of drug-likeness (QED) is 0.563. The number of carbonyl (C=O) groups excluding carboxylic acids is 1. The fourth-order valence-corrected chi connectivity index (χ4v) is 2.00. The summed E-state index contributed by atoms with van der Waals surface area (Å²) in [6.07, 6.45) is 8.79. The van der Waals surface area contributed by atoms with Gasteiger partial charge in [0.2, 0.25) is 0 Å². The van der Waals surface area contributed by atoms with Crippen LogP contribution in [0.2, 0.25) is 0 Å². The monoisotopic (exact) mass is 219 g/mol. The predicted molar refractivity (Wildman–Crippen MR) is 61.7 cm³/mol. The van der Waals surface area contributed by atoms with Crippen molar-refractivity contribution in [2.75, 3.05) is 6.61 Å². The summed E-state index contributed by atoms with van der Waals surface area (Å²) in [5.74, 6) is 0.839. The van der Waals surface area contributed by atoms with E-state index in [2.05, 4.69) is 11.1 Å². The van der Waals surface area contributed by atoms with Crippen molar-refractivity contribution in [2.24, 2.45) is 0 Å². The van der Waals surface area contributed by atoms with E-state index in [1.807, 2.05) is 0 Å². The number of hydrogen-bond acceptors (Lipinski definition) is 3. The van der Waals surface area contributed by atoms with Crippen LogP contribution in [-0.4, -0.2) is 17.9 Å². The zero-order chi connectivity index (χ0) is 11.2. The third-order valence-corrected chi connectivity index (χ3v) is 2.88. The maximum absolute atomic E-state index is 10.1. The Morgan fingerprint density at radius 2 is 2.25 bits per heavy atom. The van der Waals surface area contributed by atoms with E-state index in [0.717, 1.165) is 31.3 Å². The van der Waals surface area contributed by atoms with Gasteiger partial charge < -0.3 is 9.53 Å². The Labute approximate surface area is 95.8 Å². The van der Waals surface area contributed by atoms with Gasteiger partial charge in [0.05, 0.1) is 12.8 Å². The van der Waals surface area contributed by atoms with E-state index >= 15 is 0 Å². The number of ether oxygens (including phenoxy) is 1. The van der Waals surface area contributed by atoms with Crippen molar-refractivity contribution in [1.29, 1.82) is 0 Å². The molecule has 3 heteroatoms. The van der Waals surface area contributed by atoms with Gasteiger partial charge >= 0.3 is 0 Å². The van der Waals surface area contributed by atoms with E-state index in [1.165, 1.54) is 24.1 Å². The van der Waals surface area contributed by atoms with E-state index in [0.29, 0.717) is 13.0 Å². The Balaban J connectivity index is 1.92. The van der Waals surface area contributed by atoms with Crippen molar-refractivity contribution in [1.82, 2.24) is 4.98 Å². The average Bonchev–Trinajstić information content (AvgIpc) is 2.34. The summed E-state index contributed by atoms with van der Waals surface area (Å²) in [6, 6.07) is 2.10. The minimum Gasteiger partial charge on any atom is -0.492 e. The molecular formula is C13H17NO2. The number of carbonyl (C=O) groups is 1. The Kier molecular flexibility index (Phi) is 3.91. The van der Waals surface area contributed by atoms with E-state index in [-0.39, 0.29) is 0 Å². The van der Waals surface area contributed by atoms with E-state index < -0.39 is 0 Å². The lowest BCUT2D eigenvalue weighted by Gasteiger charge is -2.15. The molecule has 0 atom stereocenters. The molecule has 0 spiro atoms. The van der Waals surface area contributed by atoms with Crippen LogP contribution in [0.25, 0.3) is 0 Å². The largest absolute Gasteiger partial charge is 0.492 e. The Morgan fingerprint density at radius 3 is 3.12 bits per heavy atom. The van der Waals surface area contributed by atoms with Crippen LogP contribution in [0.4, 0.5) is 0 Å². The van der Waals surface area contributed by atoms with Crippen LogP contribution >= 0.6 is 0 Å². The number of nitrogens with zero attached hydrogens (tertiary/aromatic N) is 1. The van der Waals surface area contributed by atoms with Crippen LogP contribution < -0.4 is 4.74 Å². The number of rotatable bonds is 5. The highest BCUT2D eigenvalue weighted by molar-refractivity contribution is 5.49. The van der Waals surface area contributed by atoms with Crippen LogP contribution in [0, 0.1) is 0 Å². The molecule has 2 rings (SSSR count). The Bertz CT molecular complexity index is 363. The number of unbranched alkanes of at least 4 members (excludes halogenated alkanes) is 1. The van der Waals surface area contributed by atoms with Crippen LogP contribution in [0.1, 0.15) is 36.9 Å². The molecule has 0 saturated heterocycles. The second kappa shape index (κ2) is 5.64. The Morgan fingerprint density at radius 1 is 1.38 bits per heavy atom. The van der Waals surface area contributed by atoms with E-state index in [4.69, 9.17) is 4.74 Å². The highest BCUT2D eigenvalue weighted by Crippen LogP contribution is 2.23. The first kappa shape index (κ1) is 11.1. The molecule has 1 aromatic rings. The number of aldehydes is 1. The van der Waals surface area contributed by atoms with Crippen molar-refractivity contribution in [3.63, 3.8) is 0 Å². The maximum atomic E-state index is 10.1. The van der Waals surface area contributed by atoms with Crippen LogP contribution in [0.5, 0.6) is 5.75 Å². The number of fused-ring (bicyclic) bond motifs is 1. The van der Waals surface area contributed by atoms with Gasteiger partial charge in [-0.05, 0) is 43.7 Å². The van der Waals surface area contributed by atoms with Crippen molar-refractivity contribution in [3.05, 3.63) is 23.5 Å². The van der Waals surface area contributed by atoms with Gasteiger partial charge in [-0.15, -0.1) is 0 Å². The van der Waals surface area contributed by atoms with Crippen LogP contribution in [-0.2, 0) is 17.6 Å². The van der Waals surface area contributed by atoms with Gasteiger partial charge in [-0.2, -0.15) is 0 Å². The molecule has 1 aliphatic rings. The molecule has 16 heavy (non-hydrogen) atoms. The maximum Gasteiger partial charge on any atom is 0.137 e. The predicted octanol–water partition coefficient (Wildman–Crippen LogP) is 2.32. The topological polar surface area (TPSA) is 39.2 Å². The third-order valence-electron chi connectivity index (χ3n) is 2.88. The van der Waals surface area contributed by atoms with Crippen molar-refractivity contribution < 1.29 is 9.53 Å². The molecule has 3 nitrogen and oxygen atoms in total. The van der Waals surface area contributed by atoms with Gasteiger partial charge in [0.25, 0.3) is 0 Å². The van der Waals surface area contributed by atoms with Crippen LogP contribution in [0.3, 0.4) is 0 Å². The summed E-state index contributed by atoms with van der Waals surface area (Å²) in [5, 5.41) is 0. The van der Waals surface area contributed by atoms with Gasteiger partial charge in [0.15, 0.2) is 0 Å². The molecule has 0 saturated carbocycles. The molecule has 0 bridgehead atoms. The summed E-state index contributed by atoms with van der Waals surface area (Å²) in [4.78, 5) is 14.6. The van der Waals surface area contributed by atoms with Crippen molar-refractivity contribution in [3.8, 4) is 5.75 Å². The number of hydrogen-bond donors (Lipinski definition) is 0. The first-order chi connectivity index (χ1) is 7.90. The summed E-state index contributed by atoms with van der Waals surface area (Å²) in [6.45, 7) is 0.596. The minimum absolute atomic E-state index is 0.568. The average molecular weight is 219 g/mol. The second-order valence-corrected chi connectivity index (χ2v) is 4.14. The first-order valence-electron chi connectivity index (χ1n) is 5.94. The summed E-state index contributed by atoms with van der Waals surface area (Å²) < 4.78 is 5.55. The highest BCUT2D eigenvalue weighted by atomic mass is 16.5. The van der Waals surface area contributed by atoms with Crippen LogP contribution in [0.15, 0.2) is 12.3 Å². The zero-order valence-corrected chi connectivity index (χ0v) is 9.45. The van der Waals surface area contributed by atoms with Gasteiger partial charge in [-0.3, -0.25) is 4.98 Å². The molecule has 0 N–H and O–H groups in total. The molecule has 0 radical (unpaired) electrons. The van der Waals surface area contributed by atoms with Gasteiger partial charge in [-0.25, -0.2) is 0 Å². The summed E-state index contributed by atoms with van der Waals surface area (Å²) in [7, 11) is 0. The fourth-order valence-electron chi connectivity index (χ4n) is 2.00. The minimum atomic E-state index is 0.568. The molecule has 0 unspecified atom stereocenters. The molecule has 1 aromatic heterocycles. The smallest absolute Gasteiger partial charge is 0.137 e. The van der Waals surface area contributed by atoms with Gasteiger partial charge in [-0.1, -0.05) is 0 Å². The lowest BCUT2D eigenvalue weighted by Crippen LogP contribution is -2.06. The van der Waals surface area contributed by atoms with E-state index in [9.17, 15) is 4.79 Å². The molecule has 0 fully saturated rings. The molecule has 0 aromatic carbocycles. The highest BCUT2D eigenvalue weighted by Gasteiger charge is 2.11. The summed E-state index contributed by atoms with van der Waals surface area (Å²) >= 11 is 0. The fraction of sp³-hybridized carbons (Fsp3) is 0.538. The van der Waals surface area contributed by atoms with Crippen molar-refractivity contribution in [2.45, 2.75) is 38.5 Å². The number of aryl methyl sites for hydroxylation is 2. The lowest BCUT2D eigenvalue weighted by molar-refractivity contribution is -0.108. The lowest BCUT2D eigenvalue weighted by atomic mass is 9.96. The van der Waals surface area contributed by atoms with Gasteiger partial charge in [0, 0.05) is 12.1 Å². The number of aromatic nitrogens is 1. The van der Waals surface area contributed by atoms with E-state index in [1.54, 1.807) is 6.20 Å². The SMILES string of the molecule is O=CCCCOc1cnc2c(c1)CCCC2. The number of pyridine rings is 1. The standard InChI is InChI=1S/C13H17NO2/c15-7-3-4-8-16-12-9-11-5-1-2-6-13(11)14-10-12/h7,9-10H,1-6,8H2. The molecule has 86 valence electrons. The molecular weight excluding hydrogens is 202 g/mol. The normalized spacial score (nSPS) is 14.2. The summed E-state index contributed by atoms with van der Waals surface area (Å²) in [5.41, 5.74) is 2.56.